The summed E-state index contributed by atoms with van der Waals surface area (Å²) >= 11 is 0. The van der Waals surface area contributed by atoms with Crippen molar-refractivity contribution in [2.75, 3.05) is 0 Å². The van der Waals surface area contributed by atoms with E-state index in [9.17, 15) is 9.59 Å². The van der Waals surface area contributed by atoms with Gasteiger partial charge in [-0.3, -0.25) is 9.59 Å². The van der Waals surface area contributed by atoms with E-state index >= 15 is 0 Å². The van der Waals surface area contributed by atoms with Gasteiger partial charge in [-0.15, -0.1) is 0 Å². The summed E-state index contributed by atoms with van der Waals surface area (Å²) in [6, 6.07) is -0.160. The molecule has 1 unspecified atom stereocenters. The maximum absolute atomic E-state index is 12.7. The van der Waals surface area contributed by atoms with Crippen LogP contribution in [0.15, 0.2) is 0 Å². The van der Waals surface area contributed by atoms with Crippen LogP contribution in [0.5, 0.6) is 0 Å². The van der Waals surface area contributed by atoms with Gasteiger partial charge in [0.2, 0.25) is 11.8 Å². The molecule has 1 fully saturated rings. The van der Waals surface area contributed by atoms with Crippen molar-refractivity contribution in [3.8, 4) is 0 Å². The lowest BCUT2D eigenvalue weighted by molar-refractivity contribution is -0.157. The minimum atomic E-state index is -0.785. The summed E-state index contributed by atoms with van der Waals surface area (Å²) in [7, 11) is 0. The Kier molecular flexibility index (Phi) is 4.99. The number of hydrogen-bond donors (Lipinski definition) is 1. The van der Waals surface area contributed by atoms with E-state index in [2.05, 4.69) is 33.0 Å². The van der Waals surface area contributed by atoms with Crippen LogP contribution in [0.2, 0.25) is 0 Å². The van der Waals surface area contributed by atoms with Crippen molar-refractivity contribution in [3.05, 3.63) is 0 Å². The third-order valence-electron chi connectivity index (χ3n) is 3.87. The van der Waals surface area contributed by atoms with Gasteiger partial charge in [0.15, 0.2) is 0 Å². The van der Waals surface area contributed by atoms with Gasteiger partial charge in [0.25, 0.3) is 0 Å². The van der Waals surface area contributed by atoms with Gasteiger partial charge in [0, 0.05) is 6.04 Å². The SMILES string of the molecule is CCC(CC)N1C(=O)C(C)(C)NC(=O)C1CC(C)C. The Morgan fingerprint density at radius 2 is 1.74 bits per heavy atom. The number of piperazine rings is 1. The van der Waals surface area contributed by atoms with Crippen LogP contribution in [0.4, 0.5) is 0 Å². The Morgan fingerprint density at radius 3 is 2.16 bits per heavy atom. The van der Waals surface area contributed by atoms with Crippen LogP contribution in [0.1, 0.15) is 60.8 Å². The molecule has 1 rings (SSSR count). The molecule has 110 valence electrons. The molecule has 4 heteroatoms. The van der Waals surface area contributed by atoms with Crippen molar-refractivity contribution < 1.29 is 9.59 Å². The van der Waals surface area contributed by atoms with Gasteiger partial charge >= 0.3 is 0 Å². The van der Waals surface area contributed by atoms with Crippen LogP contribution in [-0.4, -0.2) is 34.3 Å². The molecule has 0 saturated carbocycles. The number of hydrogen-bond acceptors (Lipinski definition) is 2. The molecule has 19 heavy (non-hydrogen) atoms. The molecule has 0 radical (unpaired) electrons. The van der Waals surface area contributed by atoms with E-state index in [1.54, 1.807) is 13.8 Å². The molecule has 2 amide bonds. The van der Waals surface area contributed by atoms with Gasteiger partial charge in [-0.1, -0.05) is 27.7 Å². The average molecular weight is 268 g/mol. The molecule has 0 aromatic heterocycles. The van der Waals surface area contributed by atoms with E-state index in [1.807, 2.05) is 4.90 Å². The molecule has 0 aliphatic carbocycles. The highest BCUT2D eigenvalue weighted by Gasteiger charge is 2.47. The minimum absolute atomic E-state index is 0.00907. The predicted molar refractivity (Wildman–Crippen MR) is 76.7 cm³/mol. The fraction of sp³-hybridized carbons (Fsp3) is 0.867. The molecular weight excluding hydrogens is 240 g/mol. The second-order valence-electron chi connectivity index (χ2n) is 6.44. The third kappa shape index (κ3) is 3.28. The fourth-order valence-corrected chi connectivity index (χ4v) is 2.80. The lowest BCUT2D eigenvalue weighted by Crippen LogP contribution is -2.70. The van der Waals surface area contributed by atoms with Crippen LogP contribution < -0.4 is 5.32 Å². The number of amides is 2. The number of carbonyl (C=O) groups is 2. The van der Waals surface area contributed by atoms with Gasteiger partial charge in [-0.2, -0.15) is 0 Å². The molecule has 0 bridgehead atoms. The first kappa shape index (κ1) is 16.0. The zero-order valence-electron chi connectivity index (χ0n) is 13.1. The molecule has 1 aliphatic rings. The molecule has 1 N–H and O–H groups in total. The first-order valence-electron chi connectivity index (χ1n) is 7.39. The Morgan fingerprint density at radius 1 is 1.21 bits per heavy atom. The summed E-state index contributed by atoms with van der Waals surface area (Å²) in [6.45, 7) is 11.9. The van der Waals surface area contributed by atoms with E-state index in [0.717, 1.165) is 19.3 Å². The predicted octanol–water partition coefficient (Wildman–Crippen LogP) is 2.33. The average Bonchev–Trinajstić information content (AvgIpc) is 2.30. The van der Waals surface area contributed by atoms with E-state index in [0.29, 0.717) is 5.92 Å². The molecule has 1 saturated heterocycles. The number of carbonyl (C=O) groups excluding carboxylic acids is 2. The largest absolute Gasteiger partial charge is 0.340 e. The number of rotatable bonds is 5. The maximum Gasteiger partial charge on any atom is 0.248 e. The van der Waals surface area contributed by atoms with Crippen LogP contribution in [0, 0.1) is 5.92 Å². The minimum Gasteiger partial charge on any atom is -0.340 e. The Bertz CT molecular complexity index is 346. The lowest BCUT2D eigenvalue weighted by atomic mass is 9.90. The van der Waals surface area contributed by atoms with Gasteiger partial charge in [-0.25, -0.2) is 0 Å². The van der Waals surface area contributed by atoms with Crippen molar-refractivity contribution in [3.63, 3.8) is 0 Å². The summed E-state index contributed by atoms with van der Waals surface area (Å²) < 4.78 is 0. The highest BCUT2D eigenvalue weighted by molar-refractivity contribution is 5.99. The molecule has 1 aliphatic heterocycles. The molecule has 4 nitrogen and oxygen atoms in total. The van der Waals surface area contributed by atoms with Crippen molar-refractivity contribution in [1.82, 2.24) is 10.2 Å². The van der Waals surface area contributed by atoms with E-state index in [1.165, 1.54) is 0 Å². The molecule has 1 atom stereocenters. The van der Waals surface area contributed by atoms with Gasteiger partial charge < -0.3 is 10.2 Å². The Hall–Kier alpha value is -1.06. The van der Waals surface area contributed by atoms with Gasteiger partial charge in [-0.05, 0) is 39.0 Å². The van der Waals surface area contributed by atoms with E-state index in [-0.39, 0.29) is 23.9 Å². The second kappa shape index (κ2) is 5.93. The standard InChI is InChI=1S/C15H28N2O2/c1-7-11(8-2)17-12(9-10(3)4)13(18)16-15(5,6)14(17)19/h10-12H,7-9H2,1-6H3,(H,16,18). The summed E-state index contributed by atoms with van der Waals surface area (Å²) in [5.74, 6) is 0.429. The third-order valence-corrected chi connectivity index (χ3v) is 3.87. The topological polar surface area (TPSA) is 49.4 Å². The number of nitrogens with zero attached hydrogens (tertiary/aromatic N) is 1. The quantitative estimate of drug-likeness (QED) is 0.832. The normalized spacial score (nSPS) is 23.2. The van der Waals surface area contributed by atoms with Crippen molar-refractivity contribution in [2.24, 2.45) is 5.92 Å². The van der Waals surface area contributed by atoms with Gasteiger partial charge in [0.05, 0.1) is 0 Å². The van der Waals surface area contributed by atoms with Crippen molar-refractivity contribution in [2.45, 2.75) is 78.4 Å². The highest BCUT2D eigenvalue weighted by atomic mass is 16.2. The Labute approximate surface area is 116 Å². The zero-order chi connectivity index (χ0) is 14.8. The molecular formula is C15H28N2O2. The monoisotopic (exact) mass is 268 g/mol. The molecule has 0 spiro atoms. The summed E-state index contributed by atoms with van der Waals surface area (Å²) in [4.78, 5) is 26.8. The maximum atomic E-state index is 12.7. The summed E-state index contributed by atoms with van der Waals surface area (Å²) in [5, 5.41) is 2.86. The van der Waals surface area contributed by atoms with Crippen molar-refractivity contribution in [1.29, 1.82) is 0 Å². The first-order chi connectivity index (χ1) is 8.74. The molecule has 0 aromatic carbocycles. The van der Waals surface area contributed by atoms with Crippen LogP contribution in [0.3, 0.4) is 0 Å². The summed E-state index contributed by atoms with van der Waals surface area (Å²) in [5.41, 5.74) is -0.785. The highest BCUT2D eigenvalue weighted by Crippen LogP contribution is 2.26. The Balaban J connectivity index is 3.11. The van der Waals surface area contributed by atoms with Gasteiger partial charge in [0.1, 0.15) is 11.6 Å². The van der Waals surface area contributed by atoms with Crippen LogP contribution in [-0.2, 0) is 9.59 Å². The first-order valence-corrected chi connectivity index (χ1v) is 7.39. The van der Waals surface area contributed by atoms with E-state index in [4.69, 9.17) is 0 Å². The van der Waals surface area contributed by atoms with E-state index < -0.39 is 5.54 Å². The summed E-state index contributed by atoms with van der Waals surface area (Å²) in [6.07, 6.45) is 2.50. The smallest absolute Gasteiger partial charge is 0.248 e. The fourth-order valence-electron chi connectivity index (χ4n) is 2.80. The molecule has 0 aromatic rings. The van der Waals surface area contributed by atoms with Crippen LogP contribution in [0.25, 0.3) is 0 Å². The van der Waals surface area contributed by atoms with Crippen molar-refractivity contribution >= 4 is 11.8 Å². The second-order valence-corrected chi connectivity index (χ2v) is 6.44. The number of nitrogens with one attached hydrogen (secondary N) is 1. The zero-order valence-corrected chi connectivity index (χ0v) is 13.1. The molecule has 1 heterocycles. The van der Waals surface area contributed by atoms with Crippen LogP contribution >= 0.6 is 0 Å². The lowest BCUT2D eigenvalue weighted by Gasteiger charge is -2.46.